The summed E-state index contributed by atoms with van der Waals surface area (Å²) in [5.74, 6) is -0.924. The second-order valence-electron chi connectivity index (χ2n) is 4.82. The Labute approximate surface area is 136 Å². The van der Waals surface area contributed by atoms with Crippen LogP contribution in [-0.4, -0.2) is 31.3 Å². The van der Waals surface area contributed by atoms with Gasteiger partial charge in [-0.25, -0.2) is 9.48 Å². The summed E-state index contributed by atoms with van der Waals surface area (Å²) in [4.78, 5) is 10.8. The van der Waals surface area contributed by atoms with Crippen molar-refractivity contribution in [3.05, 3.63) is 64.4 Å². The molecule has 2 aromatic carbocycles. The summed E-state index contributed by atoms with van der Waals surface area (Å²) in [5, 5.41) is 22.2. The summed E-state index contributed by atoms with van der Waals surface area (Å²) < 4.78 is 1.97. The average molecular weight is 327 g/mol. The van der Waals surface area contributed by atoms with Gasteiger partial charge in [0.15, 0.2) is 0 Å². The van der Waals surface area contributed by atoms with E-state index in [-0.39, 0.29) is 5.56 Å². The number of rotatable bonds is 5. The number of hydrogen-bond acceptors (Lipinski definition) is 5. The van der Waals surface area contributed by atoms with Crippen molar-refractivity contribution < 1.29 is 9.90 Å². The van der Waals surface area contributed by atoms with E-state index in [1.165, 1.54) is 0 Å². The molecule has 0 saturated carbocycles. The number of aromatic nitrogens is 4. The van der Waals surface area contributed by atoms with Gasteiger partial charge in [-0.15, -0.1) is 0 Å². The van der Waals surface area contributed by atoms with Crippen molar-refractivity contribution in [3.63, 3.8) is 0 Å². The fourth-order valence-electron chi connectivity index (χ4n) is 2.06. The van der Waals surface area contributed by atoms with Crippen LogP contribution in [0.15, 0.2) is 48.5 Å². The number of carboxylic acids is 1. The van der Waals surface area contributed by atoms with E-state index in [0.29, 0.717) is 11.3 Å². The van der Waals surface area contributed by atoms with Gasteiger partial charge in [-0.3, -0.25) is 0 Å². The Bertz CT molecular complexity index is 868. The molecule has 0 radical (unpaired) electrons. The molecule has 0 spiro atoms. The first-order valence-corrected chi connectivity index (χ1v) is 7.21. The largest absolute Gasteiger partial charge is 0.478 e. The fourth-order valence-corrected chi connectivity index (χ4v) is 2.25. The number of tetrazole rings is 1. The van der Waals surface area contributed by atoms with Crippen LogP contribution in [0.5, 0.6) is 0 Å². The minimum absolute atomic E-state index is 0.281. The smallest absolute Gasteiger partial charge is 0.335 e. The number of hydrogen-bond donors (Lipinski definition) is 3. The van der Waals surface area contributed by atoms with E-state index in [2.05, 4.69) is 20.8 Å². The van der Waals surface area contributed by atoms with Crippen molar-refractivity contribution in [3.8, 4) is 5.69 Å². The summed E-state index contributed by atoms with van der Waals surface area (Å²) in [6, 6.07) is 14.4. The first-order valence-electron chi connectivity index (χ1n) is 6.80. The molecule has 0 fully saturated rings. The highest BCUT2D eigenvalue weighted by molar-refractivity contribution is 7.71. The highest BCUT2D eigenvalue weighted by Crippen LogP contribution is 2.14. The topological polar surface area (TPSA) is 95.8 Å². The third-order valence-electron chi connectivity index (χ3n) is 3.29. The van der Waals surface area contributed by atoms with Gasteiger partial charge in [0.1, 0.15) is 0 Å². The van der Waals surface area contributed by atoms with Gasteiger partial charge in [-0.05, 0) is 54.2 Å². The molecule has 116 valence electrons. The maximum atomic E-state index is 10.8. The fraction of sp³-hybridized carbons (Fsp3) is 0.0667. The van der Waals surface area contributed by atoms with Crippen molar-refractivity contribution in [2.75, 3.05) is 5.32 Å². The Morgan fingerprint density at radius 2 is 1.87 bits per heavy atom. The lowest BCUT2D eigenvalue weighted by atomic mass is 10.1. The predicted molar refractivity (Wildman–Crippen MR) is 87.3 cm³/mol. The van der Waals surface area contributed by atoms with E-state index in [9.17, 15) is 4.79 Å². The molecule has 23 heavy (non-hydrogen) atoms. The van der Waals surface area contributed by atoms with Gasteiger partial charge < -0.3 is 10.4 Å². The summed E-state index contributed by atoms with van der Waals surface area (Å²) in [6.45, 7) is 0.601. The SMILES string of the molecule is O=C(O)c1ccc(CNc2ccc(-n3[nH]nnc3=S)cc2)cc1. The van der Waals surface area contributed by atoms with E-state index in [1.54, 1.807) is 28.9 Å². The number of aromatic carboxylic acids is 1. The number of anilines is 1. The van der Waals surface area contributed by atoms with E-state index in [0.717, 1.165) is 16.9 Å². The Balaban J connectivity index is 1.66. The zero-order valence-corrected chi connectivity index (χ0v) is 12.7. The van der Waals surface area contributed by atoms with Crippen LogP contribution in [0.3, 0.4) is 0 Å². The van der Waals surface area contributed by atoms with Crippen LogP contribution < -0.4 is 5.32 Å². The quantitative estimate of drug-likeness (QED) is 0.624. The molecule has 1 aromatic heterocycles. The van der Waals surface area contributed by atoms with Crippen LogP contribution in [0.1, 0.15) is 15.9 Å². The zero-order valence-electron chi connectivity index (χ0n) is 11.9. The van der Waals surface area contributed by atoms with Gasteiger partial charge in [0.05, 0.1) is 11.3 Å². The molecule has 0 aliphatic carbocycles. The molecule has 0 aliphatic heterocycles. The molecule has 1 heterocycles. The van der Waals surface area contributed by atoms with Crippen molar-refractivity contribution in [2.24, 2.45) is 0 Å². The average Bonchev–Trinajstić information content (AvgIpc) is 3.00. The minimum Gasteiger partial charge on any atom is -0.478 e. The normalized spacial score (nSPS) is 10.4. The monoisotopic (exact) mass is 327 g/mol. The van der Waals surface area contributed by atoms with Crippen LogP contribution >= 0.6 is 12.2 Å². The Morgan fingerprint density at radius 1 is 1.17 bits per heavy atom. The van der Waals surface area contributed by atoms with Crippen LogP contribution in [-0.2, 0) is 6.54 Å². The molecule has 3 aromatic rings. The van der Waals surface area contributed by atoms with Gasteiger partial charge in [-0.2, -0.15) is 5.21 Å². The lowest BCUT2D eigenvalue weighted by Crippen LogP contribution is -2.02. The Hall–Kier alpha value is -3.00. The molecule has 3 rings (SSSR count). The van der Waals surface area contributed by atoms with Gasteiger partial charge in [0, 0.05) is 12.2 Å². The number of aromatic amines is 1. The molecule has 8 heteroatoms. The van der Waals surface area contributed by atoms with E-state index in [1.807, 2.05) is 24.3 Å². The van der Waals surface area contributed by atoms with Crippen molar-refractivity contribution in [1.29, 1.82) is 0 Å². The number of carbonyl (C=O) groups is 1. The maximum absolute atomic E-state index is 10.8. The molecule has 0 bridgehead atoms. The summed E-state index contributed by atoms with van der Waals surface area (Å²) >= 11 is 5.04. The van der Waals surface area contributed by atoms with Gasteiger partial charge in [0.2, 0.25) is 4.77 Å². The maximum Gasteiger partial charge on any atom is 0.335 e. The van der Waals surface area contributed by atoms with E-state index in [4.69, 9.17) is 17.3 Å². The van der Waals surface area contributed by atoms with Gasteiger partial charge in [0.25, 0.3) is 0 Å². The van der Waals surface area contributed by atoms with Gasteiger partial charge >= 0.3 is 5.97 Å². The number of benzene rings is 2. The number of carboxylic acid groups (broad SMARTS) is 1. The highest BCUT2D eigenvalue weighted by atomic mass is 32.1. The van der Waals surface area contributed by atoms with Crippen molar-refractivity contribution in [2.45, 2.75) is 6.54 Å². The zero-order chi connectivity index (χ0) is 16.2. The highest BCUT2D eigenvalue weighted by Gasteiger charge is 2.02. The summed E-state index contributed by atoms with van der Waals surface area (Å²) in [7, 11) is 0. The second kappa shape index (κ2) is 6.41. The molecule has 3 N–H and O–H groups in total. The molecule has 7 nitrogen and oxygen atoms in total. The van der Waals surface area contributed by atoms with Crippen molar-refractivity contribution >= 4 is 23.9 Å². The minimum atomic E-state index is -0.924. The molecular formula is C15H13N5O2S. The van der Waals surface area contributed by atoms with Crippen molar-refractivity contribution in [1.82, 2.24) is 20.2 Å². The molecule has 0 saturated heterocycles. The van der Waals surface area contributed by atoms with E-state index >= 15 is 0 Å². The first-order chi connectivity index (χ1) is 11.1. The summed E-state index contributed by atoms with van der Waals surface area (Å²) in [5.41, 5.74) is 3.06. The third-order valence-corrected chi connectivity index (χ3v) is 3.56. The predicted octanol–water partition coefficient (Wildman–Crippen LogP) is 2.64. The van der Waals surface area contributed by atoms with Crippen LogP contribution in [0.2, 0.25) is 0 Å². The lowest BCUT2D eigenvalue weighted by Gasteiger charge is -2.08. The van der Waals surface area contributed by atoms with Crippen LogP contribution in [0, 0.1) is 4.77 Å². The standard InChI is InChI=1S/C15H13N5O2S/c21-14(22)11-3-1-10(2-4-11)9-16-12-5-7-13(8-6-12)20-15(23)17-18-19-20/h1-8,16H,9H2,(H,21,22)(H,17,19,23). The second-order valence-corrected chi connectivity index (χ2v) is 5.19. The van der Waals surface area contributed by atoms with Crippen LogP contribution in [0.4, 0.5) is 5.69 Å². The third kappa shape index (κ3) is 3.43. The molecular weight excluding hydrogens is 314 g/mol. The number of H-pyrrole nitrogens is 1. The summed E-state index contributed by atoms with van der Waals surface area (Å²) in [6.07, 6.45) is 0. The first kappa shape index (κ1) is 14.9. The van der Waals surface area contributed by atoms with E-state index < -0.39 is 5.97 Å². The Kier molecular flexibility index (Phi) is 4.15. The molecule has 0 unspecified atom stereocenters. The number of nitrogens with one attached hydrogen (secondary N) is 2. The Morgan fingerprint density at radius 3 is 2.43 bits per heavy atom. The number of nitrogens with zero attached hydrogens (tertiary/aromatic N) is 3. The molecule has 0 atom stereocenters. The molecule has 0 amide bonds. The van der Waals surface area contributed by atoms with Gasteiger partial charge in [-0.1, -0.05) is 22.4 Å². The molecule has 0 aliphatic rings. The van der Waals surface area contributed by atoms with Crippen LogP contribution in [0.25, 0.3) is 5.69 Å². The lowest BCUT2D eigenvalue weighted by molar-refractivity contribution is 0.0697.